The molecule has 7 N–H and O–H groups in total. The summed E-state index contributed by atoms with van der Waals surface area (Å²) in [5.74, 6) is 0.374. The number of nitrogen functional groups attached to an aromatic ring is 1. The number of nitrogens with two attached hydrogens (primary N) is 1. The van der Waals surface area contributed by atoms with Crippen molar-refractivity contribution in [1.82, 2.24) is 19.5 Å². The molecule has 2 aromatic rings. The molecule has 14 heteroatoms. The summed E-state index contributed by atoms with van der Waals surface area (Å²) in [6, 6.07) is 0. The molecule has 32 heavy (non-hydrogen) atoms. The Morgan fingerprint density at radius 2 is 2.00 bits per heavy atom. The van der Waals surface area contributed by atoms with E-state index in [1.165, 1.54) is 24.7 Å². The molecule has 0 amide bonds. The fourth-order valence-corrected chi connectivity index (χ4v) is 3.90. The van der Waals surface area contributed by atoms with E-state index in [9.17, 15) is 24.8 Å². The summed E-state index contributed by atoms with van der Waals surface area (Å²) < 4.78 is 25.1. The zero-order valence-corrected chi connectivity index (χ0v) is 19.8. The molecule has 0 radical (unpaired) electrons. The van der Waals surface area contributed by atoms with Crippen LogP contribution in [-0.2, 0) is 13.8 Å². The van der Waals surface area contributed by atoms with Crippen LogP contribution in [0.1, 0.15) is 46.8 Å². The first kappa shape index (κ1) is 26.4. The summed E-state index contributed by atoms with van der Waals surface area (Å²) in [4.78, 5) is 22.6. The molecule has 13 nitrogen and oxygen atoms in total. The van der Waals surface area contributed by atoms with Crippen LogP contribution in [0.2, 0.25) is 0 Å². The minimum atomic E-state index is -4.34. The highest BCUT2D eigenvalue weighted by molar-refractivity contribution is 7.54. The molecule has 0 aliphatic heterocycles. The summed E-state index contributed by atoms with van der Waals surface area (Å²) >= 11 is 0. The van der Waals surface area contributed by atoms with Gasteiger partial charge in [0.15, 0.2) is 28.6 Å². The maximum absolute atomic E-state index is 12.4. The fraction of sp³-hybridized carbons (Fsp3) is 0.722. The van der Waals surface area contributed by atoms with Crippen LogP contribution in [-0.4, -0.2) is 77.0 Å². The lowest BCUT2D eigenvalue weighted by molar-refractivity contribution is -0.107. The predicted molar refractivity (Wildman–Crippen MR) is 118 cm³/mol. The highest BCUT2D eigenvalue weighted by atomic mass is 31.2. The van der Waals surface area contributed by atoms with Gasteiger partial charge in [0.05, 0.1) is 25.1 Å². The van der Waals surface area contributed by atoms with Crippen molar-refractivity contribution in [3.05, 3.63) is 6.33 Å². The first-order valence-electron chi connectivity index (χ1n) is 10.1. The van der Waals surface area contributed by atoms with Crippen molar-refractivity contribution in [1.29, 1.82) is 0 Å². The van der Waals surface area contributed by atoms with E-state index in [2.05, 4.69) is 20.3 Å². The quantitative estimate of drug-likeness (QED) is 0.236. The Labute approximate surface area is 186 Å². The van der Waals surface area contributed by atoms with E-state index in [-0.39, 0.29) is 24.6 Å². The van der Waals surface area contributed by atoms with E-state index >= 15 is 0 Å². The van der Waals surface area contributed by atoms with E-state index in [0.717, 1.165) is 0 Å². The standard InChI is InChI=1S/C18H33N6O7P/c1-6-18(4,31-32(28,29)17(2,3)27)7-8-30-15(11(26)9-25)24-10-21-12-13(20-5)22-16(19)23-14(12)24/h10-11,15,25-27H,6-9H2,1-5H3,(H,28,29)(H3,19,20,22,23)/t11-,15-,18?/m1/s1. The Balaban J connectivity index is 2.25. The number of aromatic nitrogens is 4. The van der Waals surface area contributed by atoms with E-state index in [4.69, 9.17) is 15.0 Å². The van der Waals surface area contributed by atoms with Gasteiger partial charge in [-0.3, -0.25) is 9.13 Å². The average Bonchev–Trinajstić information content (AvgIpc) is 3.12. The molecule has 0 aliphatic carbocycles. The monoisotopic (exact) mass is 476 g/mol. The summed E-state index contributed by atoms with van der Waals surface area (Å²) in [7, 11) is -2.69. The van der Waals surface area contributed by atoms with Gasteiger partial charge in [0, 0.05) is 13.5 Å². The Hall–Kier alpha value is -1.86. The van der Waals surface area contributed by atoms with Gasteiger partial charge in [-0.05, 0) is 27.2 Å². The second kappa shape index (κ2) is 9.96. The van der Waals surface area contributed by atoms with E-state index in [1.54, 1.807) is 20.9 Å². The van der Waals surface area contributed by atoms with Crippen LogP contribution >= 0.6 is 7.60 Å². The molecule has 4 atom stereocenters. The summed E-state index contributed by atoms with van der Waals surface area (Å²) in [5.41, 5.74) is 5.35. The van der Waals surface area contributed by atoms with Gasteiger partial charge in [0.1, 0.15) is 6.10 Å². The van der Waals surface area contributed by atoms with E-state index in [1.807, 2.05) is 0 Å². The summed E-state index contributed by atoms with van der Waals surface area (Å²) in [6.45, 7) is 5.18. The Bertz CT molecular complexity index is 965. The lowest BCUT2D eigenvalue weighted by Crippen LogP contribution is -2.35. The maximum Gasteiger partial charge on any atom is 0.359 e. The number of rotatable bonds is 12. The molecule has 2 aromatic heterocycles. The third kappa shape index (κ3) is 5.73. The second-order valence-electron chi connectivity index (χ2n) is 8.18. The summed E-state index contributed by atoms with van der Waals surface area (Å²) in [5, 5.41) is 30.8. The number of anilines is 2. The Morgan fingerprint density at radius 1 is 1.34 bits per heavy atom. The summed E-state index contributed by atoms with van der Waals surface area (Å²) in [6.07, 6.45) is -0.511. The maximum atomic E-state index is 12.4. The van der Waals surface area contributed by atoms with Crippen LogP contribution in [0.4, 0.5) is 11.8 Å². The van der Waals surface area contributed by atoms with E-state index in [0.29, 0.717) is 17.8 Å². The van der Waals surface area contributed by atoms with Crippen molar-refractivity contribution in [2.45, 2.75) is 63.8 Å². The first-order valence-corrected chi connectivity index (χ1v) is 11.7. The molecule has 0 fully saturated rings. The highest BCUT2D eigenvalue weighted by Crippen LogP contribution is 2.57. The Kier molecular flexibility index (Phi) is 8.21. The largest absolute Gasteiger partial charge is 0.394 e. The third-order valence-electron chi connectivity index (χ3n) is 5.17. The smallest absolute Gasteiger partial charge is 0.359 e. The molecule has 0 aliphatic rings. The van der Waals surface area contributed by atoms with Gasteiger partial charge in [-0.15, -0.1) is 0 Å². The van der Waals surface area contributed by atoms with Crippen LogP contribution in [0.25, 0.3) is 11.2 Å². The van der Waals surface area contributed by atoms with Gasteiger partial charge in [0.25, 0.3) is 0 Å². The lowest BCUT2D eigenvalue weighted by Gasteiger charge is -2.35. The van der Waals surface area contributed by atoms with Gasteiger partial charge < -0.3 is 40.5 Å². The van der Waals surface area contributed by atoms with Crippen molar-refractivity contribution >= 4 is 30.5 Å². The van der Waals surface area contributed by atoms with Gasteiger partial charge in [-0.2, -0.15) is 9.97 Å². The number of ether oxygens (including phenoxy) is 1. The molecule has 2 unspecified atom stereocenters. The van der Waals surface area contributed by atoms with Gasteiger partial charge in [-0.1, -0.05) is 6.92 Å². The number of nitrogens with one attached hydrogen (secondary N) is 1. The van der Waals surface area contributed by atoms with Gasteiger partial charge in [-0.25, -0.2) is 4.98 Å². The van der Waals surface area contributed by atoms with Crippen molar-refractivity contribution in [2.24, 2.45) is 0 Å². The Morgan fingerprint density at radius 3 is 2.53 bits per heavy atom. The molecule has 2 heterocycles. The minimum absolute atomic E-state index is 0.0156. The van der Waals surface area contributed by atoms with Crippen molar-refractivity contribution in [3.8, 4) is 0 Å². The van der Waals surface area contributed by atoms with Gasteiger partial charge >= 0.3 is 7.60 Å². The van der Waals surface area contributed by atoms with Crippen LogP contribution in [0.15, 0.2) is 6.33 Å². The zero-order valence-electron chi connectivity index (χ0n) is 18.9. The number of aliphatic hydroxyl groups excluding tert-OH is 2. The lowest BCUT2D eigenvalue weighted by atomic mass is 10.0. The van der Waals surface area contributed by atoms with Crippen LogP contribution < -0.4 is 11.1 Å². The molecular formula is C18H33N6O7P. The van der Waals surface area contributed by atoms with Gasteiger partial charge in [0.2, 0.25) is 5.95 Å². The molecule has 0 aromatic carbocycles. The molecular weight excluding hydrogens is 443 g/mol. The number of nitrogens with zero attached hydrogens (tertiary/aromatic N) is 4. The fourth-order valence-electron chi connectivity index (χ4n) is 2.85. The molecule has 0 saturated carbocycles. The molecule has 182 valence electrons. The zero-order chi connectivity index (χ0) is 24.3. The number of imidazole rings is 1. The highest BCUT2D eigenvalue weighted by Gasteiger charge is 2.44. The van der Waals surface area contributed by atoms with Crippen LogP contribution in [0.3, 0.4) is 0 Å². The topological polar surface area (TPSA) is 198 Å². The van der Waals surface area contributed by atoms with E-state index < -0.39 is 37.5 Å². The molecule has 0 saturated heterocycles. The molecule has 0 spiro atoms. The third-order valence-corrected chi connectivity index (χ3v) is 7.24. The number of hydrogen-bond donors (Lipinski definition) is 6. The minimum Gasteiger partial charge on any atom is -0.394 e. The molecule has 2 rings (SSSR count). The van der Waals surface area contributed by atoms with Crippen molar-refractivity contribution in [2.75, 3.05) is 31.3 Å². The van der Waals surface area contributed by atoms with Crippen LogP contribution in [0, 0.1) is 0 Å². The normalized spacial score (nSPS) is 18.2. The van der Waals surface area contributed by atoms with Crippen LogP contribution in [0.5, 0.6) is 0 Å². The average molecular weight is 476 g/mol. The van der Waals surface area contributed by atoms with Crippen molar-refractivity contribution < 1.29 is 34.0 Å². The predicted octanol–water partition coefficient (Wildman–Crippen LogP) is 0.808. The second-order valence-corrected chi connectivity index (χ2v) is 10.5. The number of aliphatic hydroxyl groups is 3. The first-order chi connectivity index (χ1) is 14.8. The molecule has 0 bridgehead atoms. The SMILES string of the molecule is CCC(C)(CCO[C@H]([C@H](O)CO)n1cnc2c(NC)nc(N)nc21)OP(=O)(O)C(C)(C)O. The van der Waals surface area contributed by atoms with Crippen molar-refractivity contribution in [3.63, 3.8) is 0 Å². The number of fused-ring (bicyclic) bond motifs is 1. The number of hydrogen-bond acceptors (Lipinski definition) is 11.